The number of anilines is 1. The van der Waals surface area contributed by atoms with Gasteiger partial charge >= 0.3 is 0 Å². The van der Waals surface area contributed by atoms with E-state index >= 15 is 0 Å². The van der Waals surface area contributed by atoms with Gasteiger partial charge in [-0.2, -0.15) is 0 Å². The van der Waals surface area contributed by atoms with E-state index in [-0.39, 0.29) is 34.9 Å². The SMILES string of the molecule is Nc1ncc(C(=O)NCC(=O)NC2CC2)cc1Cl. The van der Waals surface area contributed by atoms with Crippen LogP contribution < -0.4 is 16.4 Å². The molecule has 1 aliphatic carbocycles. The zero-order valence-electron chi connectivity index (χ0n) is 9.57. The molecular formula is C11H13ClN4O2. The molecule has 1 aromatic heterocycles. The number of halogens is 1. The van der Waals surface area contributed by atoms with E-state index in [0.29, 0.717) is 0 Å². The van der Waals surface area contributed by atoms with Gasteiger partial charge in [0.1, 0.15) is 5.82 Å². The number of nitrogen functional groups attached to an aromatic ring is 1. The molecule has 4 N–H and O–H groups in total. The highest BCUT2D eigenvalue weighted by Gasteiger charge is 2.23. The molecule has 18 heavy (non-hydrogen) atoms. The molecule has 7 heteroatoms. The summed E-state index contributed by atoms with van der Waals surface area (Å²) >= 11 is 5.75. The summed E-state index contributed by atoms with van der Waals surface area (Å²) in [5, 5.41) is 5.47. The second kappa shape index (κ2) is 5.22. The van der Waals surface area contributed by atoms with Gasteiger partial charge in [0, 0.05) is 12.2 Å². The van der Waals surface area contributed by atoms with Crippen molar-refractivity contribution in [3.05, 3.63) is 22.8 Å². The minimum absolute atomic E-state index is 0.0582. The summed E-state index contributed by atoms with van der Waals surface area (Å²) in [4.78, 5) is 26.8. The van der Waals surface area contributed by atoms with E-state index in [1.807, 2.05) is 0 Å². The average Bonchev–Trinajstić information content (AvgIpc) is 3.13. The zero-order chi connectivity index (χ0) is 13.1. The number of amides is 2. The minimum Gasteiger partial charge on any atom is -0.382 e. The number of nitrogens with one attached hydrogen (secondary N) is 2. The number of nitrogens with zero attached hydrogens (tertiary/aromatic N) is 1. The molecule has 2 amide bonds. The molecule has 0 aliphatic heterocycles. The van der Waals surface area contributed by atoms with Gasteiger partial charge in [0.25, 0.3) is 5.91 Å². The van der Waals surface area contributed by atoms with Gasteiger partial charge in [0.2, 0.25) is 5.91 Å². The second-order valence-electron chi connectivity index (χ2n) is 4.12. The maximum Gasteiger partial charge on any atom is 0.253 e. The van der Waals surface area contributed by atoms with Crippen LogP contribution in [0.1, 0.15) is 23.2 Å². The fourth-order valence-electron chi connectivity index (χ4n) is 1.34. The number of aromatic nitrogens is 1. The highest BCUT2D eigenvalue weighted by molar-refractivity contribution is 6.33. The third-order valence-corrected chi connectivity index (χ3v) is 2.79. The second-order valence-corrected chi connectivity index (χ2v) is 4.52. The van der Waals surface area contributed by atoms with Crippen molar-refractivity contribution in [1.29, 1.82) is 0 Å². The van der Waals surface area contributed by atoms with Gasteiger partial charge in [-0.1, -0.05) is 11.6 Å². The smallest absolute Gasteiger partial charge is 0.253 e. The van der Waals surface area contributed by atoms with Gasteiger partial charge in [-0.15, -0.1) is 0 Å². The standard InChI is InChI=1S/C11H13ClN4O2/c12-8-3-6(4-14-10(8)13)11(18)15-5-9(17)16-7-1-2-7/h3-4,7H,1-2,5H2,(H2,13,14)(H,15,18)(H,16,17). The molecule has 0 spiro atoms. The number of nitrogens with two attached hydrogens (primary N) is 1. The van der Waals surface area contributed by atoms with Crippen LogP contribution in [-0.2, 0) is 4.79 Å². The van der Waals surface area contributed by atoms with Gasteiger partial charge in [-0.05, 0) is 18.9 Å². The zero-order valence-corrected chi connectivity index (χ0v) is 10.3. The first-order valence-corrected chi connectivity index (χ1v) is 5.92. The van der Waals surface area contributed by atoms with Crippen molar-refractivity contribution in [2.75, 3.05) is 12.3 Å². The van der Waals surface area contributed by atoms with Crippen molar-refractivity contribution in [1.82, 2.24) is 15.6 Å². The summed E-state index contributed by atoms with van der Waals surface area (Å²) in [5.74, 6) is -0.435. The van der Waals surface area contributed by atoms with E-state index < -0.39 is 5.91 Å². The maximum absolute atomic E-state index is 11.7. The Kier molecular flexibility index (Phi) is 3.66. The fourth-order valence-corrected chi connectivity index (χ4v) is 1.51. The van der Waals surface area contributed by atoms with Crippen LogP contribution in [0.25, 0.3) is 0 Å². The third-order valence-electron chi connectivity index (χ3n) is 2.48. The molecule has 1 fully saturated rings. The molecule has 0 atom stereocenters. The molecule has 0 bridgehead atoms. The molecule has 96 valence electrons. The third kappa shape index (κ3) is 3.33. The van der Waals surface area contributed by atoms with Crippen LogP contribution in [0.3, 0.4) is 0 Å². The highest BCUT2D eigenvalue weighted by Crippen LogP contribution is 2.18. The molecular weight excluding hydrogens is 256 g/mol. The molecule has 0 saturated heterocycles. The summed E-state index contributed by atoms with van der Waals surface area (Å²) < 4.78 is 0. The Morgan fingerprint density at radius 1 is 1.50 bits per heavy atom. The van der Waals surface area contributed by atoms with Gasteiger partial charge in [-0.25, -0.2) is 4.98 Å². The topological polar surface area (TPSA) is 97.1 Å². The highest BCUT2D eigenvalue weighted by atomic mass is 35.5. The first-order valence-electron chi connectivity index (χ1n) is 5.55. The monoisotopic (exact) mass is 268 g/mol. The number of rotatable bonds is 4. The van der Waals surface area contributed by atoms with Crippen molar-refractivity contribution >= 4 is 29.2 Å². The van der Waals surface area contributed by atoms with Crippen LogP contribution >= 0.6 is 11.6 Å². The van der Waals surface area contributed by atoms with Gasteiger partial charge in [0.15, 0.2) is 0 Å². The van der Waals surface area contributed by atoms with E-state index in [9.17, 15) is 9.59 Å². The normalized spacial score (nSPS) is 14.1. The Bertz CT molecular complexity index is 488. The van der Waals surface area contributed by atoms with Gasteiger partial charge in [-0.3, -0.25) is 9.59 Å². The number of pyridine rings is 1. The summed E-state index contributed by atoms with van der Waals surface area (Å²) in [7, 11) is 0. The first kappa shape index (κ1) is 12.6. The lowest BCUT2D eigenvalue weighted by Gasteiger charge is -2.06. The van der Waals surface area contributed by atoms with Crippen LogP contribution in [-0.4, -0.2) is 29.4 Å². The Labute approximate surface area is 109 Å². The summed E-state index contributed by atoms with van der Waals surface area (Å²) in [6.07, 6.45) is 3.34. The molecule has 1 heterocycles. The minimum atomic E-state index is -0.407. The molecule has 1 saturated carbocycles. The lowest BCUT2D eigenvalue weighted by Crippen LogP contribution is -2.37. The number of carbonyl (C=O) groups excluding carboxylic acids is 2. The van der Waals surface area contributed by atoms with Crippen LogP contribution in [0.4, 0.5) is 5.82 Å². The van der Waals surface area contributed by atoms with Crippen molar-refractivity contribution in [2.24, 2.45) is 0 Å². The van der Waals surface area contributed by atoms with E-state index in [2.05, 4.69) is 15.6 Å². The summed E-state index contributed by atoms with van der Waals surface area (Å²) in [6, 6.07) is 1.69. The lowest BCUT2D eigenvalue weighted by atomic mass is 10.2. The Morgan fingerprint density at radius 3 is 2.83 bits per heavy atom. The molecule has 0 radical (unpaired) electrons. The number of carbonyl (C=O) groups is 2. The van der Waals surface area contributed by atoms with Crippen LogP contribution in [0.2, 0.25) is 5.02 Å². The van der Waals surface area contributed by atoms with Crippen molar-refractivity contribution in [3.8, 4) is 0 Å². The summed E-state index contributed by atoms with van der Waals surface area (Å²) in [5.41, 5.74) is 5.71. The van der Waals surface area contributed by atoms with Gasteiger partial charge < -0.3 is 16.4 Å². The maximum atomic E-state index is 11.7. The summed E-state index contributed by atoms with van der Waals surface area (Å²) in [6.45, 7) is -0.0582. The fraction of sp³-hybridized carbons (Fsp3) is 0.364. The Balaban J connectivity index is 1.86. The van der Waals surface area contributed by atoms with E-state index in [0.717, 1.165) is 12.8 Å². The predicted molar refractivity (Wildman–Crippen MR) is 67.2 cm³/mol. The molecule has 0 aromatic carbocycles. The Hall–Kier alpha value is -1.82. The molecule has 1 aromatic rings. The quantitative estimate of drug-likeness (QED) is 0.733. The van der Waals surface area contributed by atoms with E-state index in [1.165, 1.54) is 12.3 Å². The van der Waals surface area contributed by atoms with Crippen molar-refractivity contribution in [3.63, 3.8) is 0 Å². The predicted octanol–water partition coefficient (Wildman–Crippen LogP) is 0.326. The van der Waals surface area contributed by atoms with E-state index in [1.54, 1.807) is 0 Å². The largest absolute Gasteiger partial charge is 0.382 e. The molecule has 2 rings (SSSR count). The number of hydrogen-bond acceptors (Lipinski definition) is 4. The average molecular weight is 269 g/mol. The van der Waals surface area contributed by atoms with Crippen molar-refractivity contribution in [2.45, 2.75) is 18.9 Å². The Morgan fingerprint density at radius 2 is 2.22 bits per heavy atom. The van der Waals surface area contributed by atoms with Crippen LogP contribution in [0.15, 0.2) is 12.3 Å². The first-order chi connectivity index (χ1) is 8.56. The van der Waals surface area contributed by atoms with Crippen LogP contribution in [0.5, 0.6) is 0 Å². The van der Waals surface area contributed by atoms with E-state index in [4.69, 9.17) is 17.3 Å². The number of hydrogen-bond donors (Lipinski definition) is 3. The van der Waals surface area contributed by atoms with Crippen LogP contribution in [0, 0.1) is 0 Å². The molecule has 1 aliphatic rings. The molecule has 6 nitrogen and oxygen atoms in total. The molecule has 0 unspecified atom stereocenters. The lowest BCUT2D eigenvalue weighted by molar-refractivity contribution is -0.120. The van der Waals surface area contributed by atoms with Gasteiger partial charge in [0.05, 0.1) is 17.1 Å². The van der Waals surface area contributed by atoms with Crippen molar-refractivity contribution < 1.29 is 9.59 Å².